The van der Waals surface area contributed by atoms with Gasteiger partial charge in [0.05, 0.1) is 0 Å². The molecular formula is C6AlF7. The molecule has 76 valence electrons. The van der Waals surface area contributed by atoms with Crippen LogP contribution in [0.15, 0.2) is 0 Å². The van der Waals surface area contributed by atoms with E-state index in [0.29, 0.717) is 0 Å². The van der Waals surface area contributed by atoms with Crippen molar-refractivity contribution >= 4 is 20.7 Å². The van der Waals surface area contributed by atoms with Gasteiger partial charge in [-0.25, -0.2) is 0 Å². The van der Waals surface area contributed by atoms with E-state index in [0.717, 1.165) is 0 Å². The van der Waals surface area contributed by atoms with Crippen molar-refractivity contribution in [3.63, 3.8) is 0 Å². The summed E-state index contributed by atoms with van der Waals surface area (Å²) >= 11 is 1.44. The quantitative estimate of drug-likeness (QED) is 0.182. The average Bonchev–Trinajstić information content (AvgIpc) is 2.08. The first-order chi connectivity index (χ1) is 5.46. The van der Waals surface area contributed by atoms with Crippen LogP contribution in [0.3, 0.4) is 0 Å². The Morgan fingerprint density at radius 1 is 0.571 bits per heavy atom. The molecule has 0 aliphatic rings. The number of rotatable bonds is 0. The molecule has 0 aliphatic heterocycles. The van der Waals surface area contributed by atoms with Crippen molar-refractivity contribution in [2.75, 3.05) is 0 Å². The summed E-state index contributed by atoms with van der Waals surface area (Å²) in [6.45, 7) is 0. The van der Waals surface area contributed by atoms with Gasteiger partial charge in [0.1, 0.15) is 0 Å². The number of benzene rings is 1. The van der Waals surface area contributed by atoms with Gasteiger partial charge in [-0.15, -0.1) is 0 Å². The van der Waals surface area contributed by atoms with E-state index in [1.54, 1.807) is 0 Å². The van der Waals surface area contributed by atoms with Gasteiger partial charge in [0, 0.05) is 0 Å². The fourth-order valence-electron chi connectivity index (χ4n) is 0.622. The molecule has 1 rings (SSSR count). The van der Waals surface area contributed by atoms with Gasteiger partial charge in [-0.3, -0.25) is 0 Å². The summed E-state index contributed by atoms with van der Waals surface area (Å²) in [6.07, 6.45) is 0. The second kappa shape index (κ2) is 5.22. The Bertz CT molecular complexity index is 232. The fourth-order valence-corrected chi connectivity index (χ4v) is 0.875. The predicted molar refractivity (Wildman–Crippen MR) is 31.6 cm³/mol. The summed E-state index contributed by atoms with van der Waals surface area (Å²) in [7, 11) is 0. The van der Waals surface area contributed by atoms with E-state index in [1.165, 1.54) is 16.3 Å². The number of hydrogen-bond donors (Lipinski definition) is 0. The minimum atomic E-state index is -2.14. The zero-order chi connectivity index (χ0) is 9.46. The van der Waals surface area contributed by atoms with Gasteiger partial charge in [0.2, 0.25) is 0 Å². The molecule has 0 N–H and O–H groups in total. The van der Waals surface area contributed by atoms with Crippen LogP contribution in [0.1, 0.15) is 0 Å². The van der Waals surface area contributed by atoms with Crippen LogP contribution < -0.4 is 13.8 Å². The van der Waals surface area contributed by atoms with Gasteiger partial charge in [0.25, 0.3) is 0 Å². The largest absolute Gasteiger partial charge is 1.00 e. The molecular weight excluding hydrogens is 232 g/mol. The van der Waals surface area contributed by atoms with E-state index in [9.17, 15) is 22.0 Å². The van der Waals surface area contributed by atoms with Gasteiger partial charge in [-0.2, -0.15) is 0 Å². The molecule has 0 atom stereocenters. The molecule has 1 aromatic rings. The third-order valence-electron chi connectivity index (χ3n) is 1.24. The van der Waals surface area contributed by atoms with Crippen molar-refractivity contribution in [2.24, 2.45) is 0 Å². The maximum atomic E-state index is 12.4. The topological polar surface area (TPSA) is 0 Å². The van der Waals surface area contributed by atoms with E-state index in [4.69, 9.17) is 0 Å². The Morgan fingerprint density at radius 3 is 1.07 bits per heavy atom. The third kappa shape index (κ3) is 2.19. The Hall–Kier alpha value is -0.738. The van der Waals surface area contributed by atoms with Crippen molar-refractivity contribution in [3.8, 4) is 0 Å². The van der Waals surface area contributed by atoms with Gasteiger partial charge in [-0.05, 0) is 0 Å². The summed E-state index contributed by atoms with van der Waals surface area (Å²) < 4.78 is 60.5. The van der Waals surface area contributed by atoms with Crippen molar-refractivity contribution in [2.45, 2.75) is 0 Å². The normalized spacial score (nSPS) is 9.07. The molecule has 0 unspecified atom stereocenters. The van der Waals surface area contributed by atoms with Crippen LogP contribution in [-0.4, -0.2) is 16.3 Å². The molecule has 0 aromatic heterocycles. The molecule has 0 nitrogen and oxygen atoms in total. The van der Waals surface area contributed by atoms with Crippen LogP contribution in [0.2, 0.25) is 0 Å². The van der Waals surface area contributed by atoms with Crippen LogP contribution in [-0.2, 0) is 0 Å². The Morgan fingerprint density at radius 2 is 0.786 bits per heavy atom. The molecule has 0 spiro atoms. The number of halogens is 7. The monoisotopic (exact) mass is 232 g/mol. The van der Waals surface area contributed by atoms with Crippen molar-refractivity contribution in [3.05, 3.63) is 29.1 Å². The molecule has 0 fully saturated rings. The van der Waals surface area contributed by atoms with E-state index in [1.807, 2.05) is 0 Å². The van der Waals surface area contributed by atoms with E-state index < -0.39 is 33.5 Å². The molecule has 0 bridgehead atoms. The van der Waals surface area contributed by atoms with Crippen LogP contribution in [0.4, 0.5) is 22.0 Å². The van der Waals surface area contributed by atoms with Crippen LogP contribution in [0.25, 0.3) is 0 Å². The molecule has 8 heteroatoms. The standard InChI is InChI=1S/C6F5.Al.2FH/c7-2-1-3(8)5(10)6(11)4(2)9;;;/h;;2*1H/q;+2;;/p-2. The Balaban J connectivity index is 0. The first-order valence-corrected chi connectivity index (χ1v) is 3.31. The van der Waals surface area contributed by atoms with Crippen molar-refractivity contribution in [1.29, 1.82) is 0 Å². The van der Waals surface area contributed by atoms with E-state index in [-0.39, 0.29) is 9.41 Å². The maximum Gasteiger partial charge on any atom is -1.00 e. The average molecular weight is 232 g/mol. The molecule has 0 amide bonds. The molecule has 0 saturated carbocycles. The fraction of sp³-hybridized carbons (Fsp3) is 0. The molecule has 0 radical (unpaired) electrons. The Kier molecular flexibility index (Phi) is 5.86. The summed E-state index contributed by atoms with van der Waals surface area (Å²) in [6, 6.07) is 0. The summed E-state index contributed by atoms with van der Waals surface area (Å²) in [4.78, 5) is 0. The van der Waals surface area contributed by atoms with Gasteiger partial charge in [0.15, 0.2) is 0 Å². The van der Waals surface area contributed by atoms with E-state index in [2.05, 4.69) is 0 Å². The SMILES string of the molecule is Fc1c(F)c(F)[c]([Al+2])c(F)c1F.[F-].[F-]. The van der Waals surface area contributed by atoms with Crippen molar-refractivity contribution < 1.29 is 31.4 Å². The van der Waals surface area contributed by atoms with Crippen molar-refractivity contribution in [1.82, 2.24) is 0 Å². The number of hydrogen-bond acceptors (Lipinski definition) is 0. The van der Waals surface area contributed by atoms with E-state index >= 15 is 0 Å². The molecule has 1 aromatic carbocycles. The first-order valence-electron chi connectivity index (χ1n) is 2.73. The molecule has 0 heterocycles. The van der Waals surface area contributed by atoms with Crippen LogP contribution in [0, 0.1) is 29.1 Å². The third-order valence-corrected chi connectivity index (χ3v) is 1.75. The smallest absolute Gasteiger partial charge is 1.00 e. The Labute approximate surface area is 81.9 Å². The van der Waals surface area contributed by atoms with Gasteiger partial charge >= 0.3 is 71.8 Å². The van der Waals surface area contributed by atoms with Gasteiger partial charge in [-0.1, -0.05) is 0 Å². The second-order valence-electron chi connectivity index (χ2n) is 1.98. The zero-order valence-electron chi connectivity index (χ0n) is 6.22. The molecule has 0 saturated heterocycles. The first kappa shape index (κ1) is 15.7. The molecule has 0 aliphatic carbocycles. The second-order valence-corrected chi connectivity index (χ2v) is 2.56. The van der Waals surface area contributed by atoms with Crippen LogP contribution in [0.5, 0.6) is 0 Å². The maximum absolute atomic E-state index is 12.4. The minimum absolute atomic E-state index is 0. The minimum Gasteiger partial charge on any atom is -1.00 e. The zero-order valence-corrected chi connectivity index (χ0v) is 7.38. The molecule has 14 heavy (non-hydrogen) atoms. The predicted octanol–water partition coefficient (Wildman–Crippen LogP) is -4.82. The van der Waals surface area contributed by atoms with Gasteiger partial charge < -0.3 is 9.41 Å². The summed E-state index contributed by atoms with van der Waals surface area (Å²) in [5.74, 6) is -9.65. The summed E-state index contributed by atoms with van der Waals surface area (Å²) in [5, 5.41) is 0. The summed E-state index contributed by atoms with van der Waals surface area (Å²) in [5.41, 5.74) is 0. The van der Waals surface area contributed by atoms with Crippen LogP contribution >= 0.6 is 0 Å².